The van der Waals surface area contributed by atoms with Crippen molar-refractivity contribution in [1.29, 1.82) is 0 Å². The van der Waals surface area contributed by atoms with Gasteiger partial charge in [-0.15, -0.1) is 0 Å². The van der Waals surface area contributed by atoms with Crippen molar-refractivity contribution in [2.75, 3.05) is 51.3 Å². The van der Waals surface area contributed by atoms with E-state index in [1.54, 1.807) is 12.1 Å². The SMILES string of the molecule is COCCNC(=O)c1ccc(Cl)c(S(=O)(=O)N2CCN(c3ccc(F)cc3)CC2)c1. The molecule has 30 heavy (non-hydrogen) atoms. The van der Waals surface area contributed by atoms with E-state index in [1.807, 2.05) is 4.90 Å². The number of amides is 1. The molecule has 2 aromatic carbocycles. The summed E-state index contributed by atoms with van der Waals surface area (Å²) < 4.78 is 45.7. The number of benzene rings is 2. The monoisotopic (exact) mass is 455 g/mol. The van der Waals surface area contributed by atoms with Crippen LogP contribution in [0.2, 0.25) is 5.02 Å². The molecule has 1 heterocycles. The van der Waals surface area contributed by atoms with Gasteiger partial charge < -0.3 is 15.0 Å². The first-order chi connectivity index (χ1) is 14.3. The lowest BCUT2D eigenvalue weighted by Gasteiger charge is -2.35. The molecule has 1 fully saturated rings. The maximum Gasteiger partial charge on any atom is 0.251 e. The van der Waals surface area contributed by atoms with Crippen molar-refractivity contribution in [2.24, 2.45) is 0 Å². The molecule has 1 aliphatic rings. The minimum atomic E-state index is -3.88. The van der Waals surface area contributed by atoms with Crippen molar-refractivity contribution in [1.82, 2.24) is 9.62 Å². The van der Waals surface area contributed by atoms with Gasteiger partial charge in [0.2, 0.25) is 10.0 Å². The smallest absolute Gasteiger partial charge is 0.251 e. The summed E-state index contributed by atoms with van der Waals surface area (Å²) in [5.74, 6) is -0.720. The molecule has 0 unspecified atom stereocenters. The standard InChI is InChI=1S/C20H23ClFN3O4S/c1-29-13-8-23-20(26)15-2-7-18(21)19(14-15)30(27,28)25-11-9-24(10-12-25)17-5-3-16(22)4-6-17/h2-7,14H,8-13H2,1H3,(H,23,26). The topological polar surface area (TPSA) is 78.9 Å². The molecule has 0 atom stereocenters. The number of ether oxygens (including phenoxy) is 1. The van der Waals surface area contributed by atoms with Gasteiger partial charge in [-0.2, -0.15) is 4.31 Å². The minimum absolute atomic E-state index is 0.0596. The molecule has 1 amide bonds. The van der Waals surface area contributed by atoms with Crippen molar-refractivity contribution in [3.63, 3.8) is 0 Å². The second-order valence-corrected chi connectivity index (χ2v) is 9.08. The third kappa shape index (κ3) is 5.10. The number of hydrogen-bond acceptors (Lipinski definition) is 5. The quantitative estimate of drug-likeness (QED) is 0.648. The van der Waals surface area contributed by atoms with Crippen molar-refractivity contribution in [3.8, 4) is 0 Å². The molecule has 1 N–H and O–H groups in total. The Morgan fingerprint density at radius 1 is 1.13 bits per heavy atom. The Bertz CT molecular complexity index is 994. The largest absolute Gasteiger partial charge is 0.383 e. The molecule has 10 heteroatoms. The van der Waals surface area contributed by atoms with Crippen LogP contribution in [0.5, 0.6) is 0 Å². The number of carbonyl (C=O) groups excluding carboxylic acids is 1. The summed E-state index contributed by atoms with van der Waals surface area (Å²) in [6, 6.07) is 10.3. The summed E-state index contributed by atoms with van der Waals surface area (Å²) in [7, 11) is -2.35. The maximum absolute atomic E-state index is 13.2. The van der Waals surface area contributed by atoms with Crippen LogP contribution in [0.25, 0.3) is 0 Å². The highest BCUT2D eigenvalue weighted by molar-refractivity contribution is 7.89. The van der Waals surface area contributed by atoms with Gasteiger partial charge >= 0.3 is 0 Å². The van der Waals surface area contributed by atoms with Crippen LogP contribution in [0.3, 0.4) is 0 Å². The van der Waals surface area contributed by atoms with E-state index >= 15 is 0 Å². The number of rotatable bonds is 7. The first-order valence-corrected chi connectivity index (χ1v) is 11.2. The number of nitrogens with zero attached hydrogens (tertiary/aromatic N) is 2. The molecular weight excluding hydrogens is 433 g/mol. The number of carbonyl (C=O) groups is 1. The van der Waals surface area contributed by atoms with E-state index in [1.165, 1.54) is 41.7 Å². The Hall–Kier alpha value is -2.20. The van der Waals surface area contributed by atoms with Crippen LogP contribution >= 0.6 is 11.6 Å². The highest BCUT2D eigenvalue weighted by atomic mass is 35.5. The average molecular weight is 456 g/mol. The minimum Gasteiger partial charge on any atom is -0.383 e. The summed E-state index contributed by atoms with van der Waals surface area (Å²) in [6.07, 6.45) is 0. The lowest BCUT2D eigenvalue weighted by Crippen LogP contribution is -2.48. The van der Waals surface area contributed by atoms with Crippen LogP contribution in [0.15, 0.2) is 47.4 Å². The fourth-order valence-corrected chi connectivity index (χ4v) is 5.11. The normalized spacial score (nSPS) is 15.2. The molecular formula is C20H23ClFN3O4S. The van der Waals surface area contributed by atoms with Crippen molar-refractivity contribution >= 4 is 33.2 Å². The van der Waals surface area contributed by atoms with E-state index in [4.69, 9.17) is 16.3 Å². The zero-order valence-electron chi connectivity index (χ0n) is 16.5. The second kappa shape index (κ2) is 9.74. The molecule has 162 valence electrons. The molecule has 2 aromatic rings. The lowest BCUT2D eigenvalue weighted by atomic mass is 10.2. The van der Waals surface area contributed by atoms with E-state index in [2.05, 4.69) is 5.32 Å². The zero-order valence-corrected chi connectivity index (χ0v) is 18.0. The molecule has 0 aliphatic carbocycles. The molecule has 3 rings (SSSR count). The number of hydrogen-bond donors (Lipinski definition) is 1. The lowest BCUT2D eigenvalue weighted by molar-refractivity contribution is 0.0937. The molecule has 7 nitrogen and oxygen atoms in total. The third-order valence-corrected chi connectivity index (χ3v) is 7.21. The van der Waals surface area contributed by atoms with E-state index in [9.17, 15) is 17.6 Å². The number of methoxy groups -OCH3 is 1. The summed E-state index contributed by atoms with van der Waals surface area (Å²) >= 11 is 6.17. The van der Waals surface area contributed by atoms with Gasteiger partial charge in [0.15, 0.2) is 0 Å². The average Bonchev–Trinajstić information content (AvgIpc) is 2.74. The van der Waals surface area contributed by atoms with Gasteiger partial charge in [-0.3, -0.25) is 4.79 Å². The number of halogens is 2. The van der Waals surface area contributed by atoms with Crippen LogP contribution in [0.1, 0.15) is 10.4 Å². The Labute approximate surface area is 180 Å². The van der Waals surface area contributed by atoms with Crippen LogP contribution in [0.4, 0.5) is 10.1 Å². The Morgan fingerprint density at radius 3 is 2.43 bits per heavy atom. The van der Waals surface area contributed by atoms with Gasteiger partial charge in [-0.05, 0) is 42.5 Å². The molecule has 0 saturated carbocycles. The molecule has 1 aliphatic heterocycles. The zero-order chi connectivity index (χ0) is 21.7. The number of piperazine rings is 1. The van der Waals surface area contributed by atoms with Gasteiger partial charge in [0.05, 0.1) is 11.6 Å². The third-order valence-electron chi connectivity index (χ3n) is 4.83. The molecule has 1 saturated heterocycles. The first kappa shape index (κ1) is 22.5. The number of sulfonamides is 1. The predicted octanol–water partition coefficient (Wildman–Crippen LogP) is 2.37. The van der Waals surface area contributed by atoms with E-state index in [0.717, 1.165) is 5.69 Å². The van der Waals surface area contributed by atoms with Gasteiger partial charge in [-0.1, -0.05) is 11.6 Å². The summed E-state index contributed by atoms with van der Waals surface area (Å²) in [5, 5.41) is 2.72. The summed E-state index contributed by atoms with van der Waals surface area (Å²) in [5.41, 5.74) is 1.04. The fraction of sp³-hybridized carbons (Fsp3) is 0.350. The highest BCUT2D eigenvalue weighted by Gasteiger charge is 2.31. The summed E-state index contributed by atoms with van der Waals surface area (Å²) in [4.78, 5) is 14.2. The number of anilines is 1. The van der Waals surface area contributed by atoms with Crippen LogP contribution < -0.4 is 10.2 Å². The Kier molecular flexibility index (Phi) is 7.30. The summed E-state index contributed by atoms with van der Waals surface area (Å²) in [6.45, 7) is 2.08. The van der Waals surface area contributed by atoms with E-state index < -0.39 is 15.9 Å². The van der Waals surface area contributed by atoms with Crippen molar-refractivity contribution < 1.29 is 22.3 Å². The van der Waals surface area contributed by atoms with E-state index in [-0.39, 0.29) is 34.4 Å². The van der Waals surface area contributed by atoms with Crippen LogP contribution in [-0.4, -0.2) is 65.1 Å². The van der Waals surface area contributed by atoms with Crippen molar-refractivity contribution in [3.05, 3.63) is 58.9 Å². The maximum atomic E-state index is 13.2. The van der Waals surface area contributed by atoms with E-state index in [0.29, 0.717) is 26.2 Å². The van der Waals surface area contributed by atoms with Gasteiger partial charge in [0.25, 0.3) is 5.91 Å². The number of nitrogens with one attached hydrogen (secondary N) is 1. The molecule has 0 bridgehead atoms. The van der Waals surface area contributed by atoms with Crippen LogP contribution in [-0.2, 0) is 14.8 Å². The molecule has 0 aromatic heterocycles. The highest BCUT2D eigenvalue weighted by Crippen LogP contribution is 2.27. The van der Waals surface area contributed by atoms with Gasteiger partial charge in [0, 0.05) is 51.1 Å². The van der Waals surface area contributed by atoms with Crippen molar-refractivity contribution in [2.45, 2.75) is 4.90 Å². The molecule has 0 spiro atoms. The Balaban J connectivity index is 1.73. The van der Waals surface area contributed by atoms with Gasteiger partial charge in [-0.25, -0.2) is 12.8 Å². The van der Waals surface area contributed by atoms with Gasteiger partial charge in [0.1, 0.15) is 10.7 Å². The second-order valence-electron chi connectivity index (χ2n) is 6.76. The van der Waals surface area contributed by atoms with Crippen LogP contribution in [0, 0.1) is 5.82 Å². The predicted molar refractivity (Wildman–Crippen MR) is 113 cm³/mol. The fourth-order valence-electron chi connectivity index (χ4n) is 3.19. The first-order valence-electron chi connectivity index (χ1n) is 9.40. The molecule has 0 radical (unpaired) electrons. The Morgan fingerprint density at radius 2 is 1.80 bits per heavy atom.